The van der Waals surface area contributed by atoms with Crippen molar-refractivity contribution < 1.29 is 27.8 Å². The summed E-state index contributed by atoms with van der Waals surface area (Å²) in [6, 6.07) is 1.91. The number of pyridine rings is 1. The van der Waals surface area contributed by atoms with Gasteiger partial charge in [0.2, 0.25) is 5.95 Å². The van der Waals surface area contributed by atoms with Gasteiger partial charge >= 0.3 is 5.97 Å². The van der Waals surface area contributed by atoms with Crippen molar-refractivity contribution in [2.45, 2.75) is 64.3 Å². The van der Waals surface area contributed by atoms with E-state index in [9.17, 15) is 18.4 Å². The normalized spacial score (nSPS) is 18.3. The van der Waals surface area contributed by atoms with Crippen LogP contribution in [0.1, 0.15) is 62.0 Å². The number of hydrogen-bond acceptors (Lipinski definition) is 10. The van der Waals surface area contributed by atoms with Crippen LogP contribution in [0, 0.1) is 11.8 Å². The van der Waals surface area contributed by atoms with Crippen molar-refractivity contribution in [2.75, 3.05) is 18.5 Å². The maximum atomic E-state index is 14.8. The van der Waals surface area contributed by atoms with Gasteiger partial charge in [-0.2, -0.15) is 14.6 Å². The van der Waals surface area contributed by atoms with E-state index >= 15 is 0 Å². The van der Waals surface area contributed by atoms with Gasteiger partial charge in [0.25, 0.3) is 5.91 Å². The Bertz CT molecular complexity index is 1690. The number of hydrogen-bond donors (Lipinski definition) is 1. The summed E-state index contributed by atoms with van der Waals surface area (Å²) in [6.45, 7) is 3.16. The molecule has 2 aliphatic rings. The van der Waals surface area contributed by atoms with Gasteiger partial charge in [0.05, 0.1) is 24.0 Å². The number of anilines is 1. The van der Waals surface area contributed by atoms with Crippen molar-refractivity contribution in [2.24, 2.45) is 4.99 Å². The van der Waals surface area contributed by atoms with Crippen LogP contribution < -0.4 is 5.32 Å². The largest absolute Gasteiger partial charge is 0.438 e. The quantitative estimate of drug-likeness (QED) is 0.191. The highest BCUT2D eigenvalue weighted by Crippen LogP contribution is 2.34. The lowest BCUT2D eigenvalue weighted by Gasteiger charge is -2.28. The Kier molecular flexibility index (Phi) is 8.84. The van der Waals surface area contributed by atoms with Gasteiger partial charge < -0.3 is 14.8 Å². The highest BCUT2D eigenvalue weighted by molar-refractivity contribution is 7.13. The van der Waals surface area contributed by atoms with Crippen LogP contribution in [0.3, 0.4) is 0 Å². The van der Waals surface area contributed by atoms with Crippen LogP contribution in [-0.2, 0) is 21.0 Å². The fourth-order valence-electron chi connectivity index (χ4n) is 5.30. The van der Waals surface area contributed by atoms with E-state index < -0.39 is 23.6 Å². The van der Waals surface area contributed by atoms with E-state index in [4.69, 9.17) is 9.47 Å². The number of aliphatic imine (C=N–C) groups is 1. The number of esters is 1. The van der Waals surface area contributed by atoms with Gasteiger partial charge in [-0.25, -0.2) is 23.8 Å². The van der Waals surface area contributed by atoms with Gasteiger partial charge in [0, 0.05) is 36.5 Å². The summed E-state index contributed by atoms with van der Waals surface area (Å²) < 4.78 is 43.0. The molecule has 4 aromatic heterocycles. The molecular weight excluding hydrogens is 594 g/mol. The standard InChI is InChI=1S/C29H30F2N8O4S/c1-2-42-19-7-5-18(6-8-19)39-14-22(26(37-39)25-20(30)9-10-24(31)36-25)34-27(40)23-15-44-28(35-23)17-12-33-38(13-17)16-43-29(41)21-4-3-11-32-21/h9-10,12-15,18-19H,2-8,11,16H2,1H3,(H,34,40). The fraction of sp³-hybridized carbons (Fsp3) is 0.414. The molecule has 1 aliphatic heterocycles. The van der Waals surface area contributed by atoms with E-state index in [1.54, 1.807) is 28.7 Å². The second-order valence-electron chi connectivity index (χ2n) is 10.5. The molecule has 4 aromatic rings. The van der Waals surface area contributed by atoms with Gasteiger partial charge in [0.15, 0.2) is 12.5 Å². The molecule has 6 rings (SSSR count). The van der Waals surface area contributed by atoms with Crippen LogP contribution in [0.4, 0.5) is 14.5 Å². The molecule has 1 fully saturated rings. The van der Waals surface area contributed by atoms with Crippen molar-refractivity contribution >= 4 is 34.6 Å². The summed E-state index contributed by atoms with van der Waals surface area (Å²) in [7, 11) is 0. The third-order valence-electron chi connectivity index (χ3n) is 7.49. The van der Waals surface area contributed by atoms with E-state index in [-0.39, 0.29) is 41.6 Å². The molecule has 5 heterocycles. The summed E-state index contributed by atoms with van der Waals surface area (Å²) in [5, 5.41) is 13.6. The zero-order valence-corrected chi connectivity index (χ0v) is 24.7. The van der Waals surface area contributed by atoms with E-state index in [0.717, 1.165) is 44.2 Å². The summed E-state index contributed by atoms with van der Waals surface area (Å²) in [4.78, 5) is 37.7. The van der Waals surface area contributed by atoms with Gasteiger partial charge in [-0.3, -0.25) is 14.5 Å². The van der Waals surface area contributed by atoms with Crippen LogP contribution in [0.2, 0.25) is 0 Å². The second-order valence-corrected chi connectivity index (χ2v) is 11.3. The van der Waals surface area contributed by atoms with Crippen LogP contribution in [0.5, 0.6) is 0 Å². The molecule has 0 atom stereocenters. The minimum absolute atomic E-state index is 0.000524. The number of rotatable bonds is 10. The summed E-state index contributed by atoms with van der Waals surface area (Å²) in [5.74, 6) is -2.63. The third-order valence-corrected chi connectivity index (χ3v) is 8.38. The Morgan fingerprint density at radius 3 is 2.73 bits per heavy atom. The van der Waals surface area contributed by atoms with E-state index in [0.29, 0.717) is 35.9 Å². The highest BCUT2D eigenvalue weighted by Gasteiger charge is 2.27. The maximum absolute atomic E-state index is 14.8. The number of thiazole rings is 1. The average molecular weight is 625 g/mol. The van der Waals surface area contributed by atoms with E-state index in [1.807, 2.05) is 6.92 Å². The van der Waals surface area contributed by atoms with E-state index in [2.05, 4.69) is 30.5 Å². The first-order chi connectivity index (χ1) is 21.4. The van der Waals surface area contributed by atoms with Crippen LogP contribution >= 0.6 is 11.3 Å². The summed E-state index contributed by atoms with van der Waals surface area (Å²) >= 11 is 1.23. The zero-order valence-electron chi connectivity index (χ0n) is 23.9. The molecule has 0 bridgehead atoms. The summed E-state index contributed by atoms with van der Waals surface area (Å²) in [6.07, 6.45) is 9.74. The van der Waals surface area contributed by atoms with Crippen molar-refractivity contribution in [3.63, 3.8) is 0 Å². The third kappa shape index (κ3) is 6.58. The molecule has 230 valence electrons. The Labute approximate surface area is 255 Å². The predicted molar refractivity (Wildman–Crippen MR) is 157 cm³/mol. The van der Waals surface area contributed by atoms with Crippen LogP contribution in [0.15, 0.2) is 41.1 Å². The number of carbonyl (C=O) groups is 2. The molecule has 12 nitrogen and oxygen atoms in total. The molecular formula is C29H30F2N8O4S. The minimum Gasteiger partial charge on any atom is -0.438 e. The number of carbonyl (C=O) groups excluding carboxylic acids is 2. The lowest BCUT2D eigenvalue weighted by molar-refractivity contribution is -0.139. The van der Waals surface area contributed by atoms with Crippen molar-refractivity contribution in [3.8, 4) is 22.0 Å². The van der Waals surface area contributed by atoms with Crippen molar-refractivity contribution in [1.29, 1.82) is 0 Å². The molecule has 0 saturated heterocycles. The molecule has 0 aromatic carbocycles. The number of amides is 1. The highest BCUT2D eigenvalue weighted by atomic mass is 32.1. The smallest absolute Gasteiger partial charge is 0.353 e. The topological polar surface area (TPSA) is 138 Å². The molecule has 0 unspecified atom stereocenters. The van der Waals surface area contributed by atoms with Crippen LogP contribution in [0.25, 0.3) is 22.0 Å². The molecule has 1 amide bonds. The van der Waals surface area contributed by atoms with Crippen molar-refractivity contribution in [3.05, 3.63) is 53.6 Å². The Hall–Kier alpha value is -4.37. The number of aromatic nitrogens is 6. The lowest BCUT2D eigenvalue weighted by Crippen LogP contribution is -2.24. The fourth-order valence-corrected chi connectivity index (χ4v) is 6.07. The Morgan fingerprint density at radius 1 is 1.11 bits per heavy atom. The first kappa shape index (κ1) is 29.7. The molecule has 0 radical (unpaired) electrons. The number of ether oxygens (including phenoxy) is 2. The monoisotopic (exact) mass is 624 g/mol. The lowest BCUT2D eigenvalue weighted by atomic mass is 9.93. The van der Waals surface area contributed by atoms with Gasteiger partial charge in [-0.15, -0.1) is 11.3 Å². The Balaban J connectivity index is 1.17. The molecule has 1 saturated carbocycles. The van der Waals surface area contributed by atoms with Crippen molar-refractivity contribution in [1.82, 2.24) is 29.5 Å². The minimum atomic E-state index is -0.864. The first-order valence-corrected chi connectivity index (χ1v) is 15.3. The SMILES string of the molecule is CCOC1CCC(n2cc(NC(=O)c3csc(-c4cnn(COC(=O)C5=NCCC5)c4)n3)c(-c3nc(F)ccc3F)n2)CC1. The molecule has 44 heavy (non-hydrogen) atoms. The first-order valence-electron chi connectivity index (χ1n) is 14.4. The second kappa shape index (κ2) is 13.1. The van der Waals surface area contributed by atoms with E-state index in [1.165, 1.54) is 16.0 Å². The van der Waals surface area contributed by atoms with Crippen LogP contribution in [-0.4, -0.2) is 66.4 Å². The number of halogens is 2. The summed E-state index contributed by atoms with van der Waals surface area (Å²) in [5.41, 5.74) is 1.10. The Morgan fingerprint density at radius 2 is 1.95 bits per heavy atom. The molecule has 1 aliphatic carbocycles. The van der Waals surface area contributed by atoms with Gasteiger partial charge in [-0.05, 0) is 57.6 Å². The zero-order chi connectivity index (χ0) is 30.6. The molecule has 1 N–H and O–H groups in total. The maximum Gasteiger partial charge on any atom is 0.353 e. The van der Waals surface area contributed by atoms with Gasteiger partial charge in [0.1, 0.15) is 27.8 Å². The number of nitrogens with one attached hydrogen (secondary N) is 1. The average Bonchev–Trinajstić information content (AvgIpc) is 3.84. The number of nitrogens with zero attached hydrogens (tertiary/aromatic N) is 7. The molecule has 15 heteroatoms. The van der Waals surface area contributed by atoms with Gasteiger partial charge in [-0.1, -0.05) is 0 Å². The predicted octanol–water partition coefficient (Wildman–Crippen LogP) is 5.05. The molecule has 0 spiro atoms.